The summed E-state index contributed by atoms with van der Waals surface area (Å²) in [4.78, 5) is 30.2. The fraction of sp³-hybridized carbons (Fsp3) is 0.500. The molecule has 0 radical (unpaired) electrons. The average Bonchev–Trinajstić information content (AvgIpc) is 3.26. The molecule has 0 spiro atoms. The zero-order chi connectivity index (χ0) is 22.9. The third-order valence-electron chi connectivity index (χ3n) is 7.05. The smallest absolute Gasteiger partial charge is 0.254 e. The molecule has 6 nitrogen and oxygen atoms in total. The third kappa shape index (κ3) is 4.19. The van der Waals surface area contributed by atoms with Crippen LogP contribution in [0.15, 0.2) is 24.3 Å². The Balaban J connectivity index is 1.42. The molecular formula is C26H32N4O2S. The Hall–Kier alpha value is -2.67. The van der Waals surface area contributed by atoms with Gasteiger partial charge in [-0.15, -0.1) is 11.3 Å². The molecular weight excluding hydrogens is 432 g/mol. The van der Waals surface area contributed by atoms with Crippen molar-refractivity contribution in [3.63, 3.8) is 0 Å². The molecule has 0 bridgehead atoms. The molecule has 1 aromatic carbocycles. The number of anilines is 1. The molecule has 1 atom stereocenters. The Morgan fingerprint density at radius 1 is 1.15 bits per heavy atom. The van der Waals surface area contributed by atoms with E-state index in [1.54, 1.807) is 7.11 Å². The van der Waals surface area contributed by atoms with Crippen molar-refractivity contribution in [2.24, 2.45) is 0 Å². The van der Waals surface area contributed by atoms with Crippen molar-refractivity contribution in [2.45, 2.75) is 51.9 Å². The van der Waals surface area contributed by atoms with Crippen molar-refractivity contribution >= 4 is 33.3 Å². The maximum absolute atomic E-state index is 13.1. The molecule has 7 heteroatoms. The fourth-order valence-corrected chi connectivity index (χ4v) is 6.11. The third-order valence-corrected chi connectivity index (χ3v) is 8.23. The molecule has 5 rings (SSSR count). The van der Waals surface area contributed by atoms with Crippen LogP contribution in [0.2, 0.25) is 0 Å². The molecule has 174 valence electrons. The second-order valence-corrected chi connectivity index (χ2v) is 10.2. The van der Waals surface area contributed by atoms with E-state index in [-0.39, 0.29) is 5.91 Å². The highest BCUT2D eigenvalue weighted by Crippen LogP contribution is 2.40. The van der Waals surface area contributed by atoms with E-state index < -0.39 is 0 Å². The monoisotopic (exact) mass is 464 g/mol. The summed E-state index contributed by atoms with van der Waals surface area (Å²) < 4.78 is 5.29. The highest BCUT2D eigenvalue weighted by atomic mass is 32.1. The lowest BCUT2D eigenvalue weighted by molar-refractivity contribution is 0.0746. The van der Waals surface area contributed by atoms with Crippen LogP contribution in [0.1, 0.15) is 65.7 Å². The van der Waals surface area contributed by atoms with Gasteiger partial charge in [0.25, 0.3) is 5.91 Å². The number of benzene rings is 1. The van der Waals surface area contributed by atoms with Crippen molar-refractivity contribution in [3.8, 4) is 5.75 Å². The van der Waals surface area contributed by atoms with E-state index in [4.69, 9.17) is 14.7 Å². The number of carbonyl (C=O) groups is 1. The Morgan fingerprint density at radius 2 is 1.94 bits per heavy atom. The van der Waals surface area contributed by atoms with Gasteiger partial charge < -0.3 is 14.5 Å². The molecule has 1 saturated heterocycles. The molecule has 1 unspecified atom stereocenters. The van der Waals surface area contributed by atoms with Crippen LogP contribution in [0.5, 0.6) is 5.75 Å². The maximum atomic E-state index is 13.1. The van der Waals surface area contributed by atoms with Crippen LogP contribution in [0, 0.1) is 0 Å². The van der Waals surface area contributed by atoms with Crippen molar-refractivity contribution in [2.75, 3.05) is 38.2 Å². The lowest BCUT2D eigenvalue weighted by Gasteiger charge is -2.36. The van der Waals surface area contributed by atoms with Gasteiger partial charge in [0.15, 0.2) is 0 Å². The van der Waals surface area contributed by atoms with E-state index in [1.165, 1.54) is 28.7 Å². The Bertz CT molecular complexity index is 1170. The van der Waals surface area contributed by atoms with Crippen molar-refractivity contribution in [3.05, 3.63) is 46.1 Å². The fourth-order valence-electron chi connectivity index (χ4n) is 4.85. The lowest BCUT2D eigenvalue weighted by atomic mass is 9.96. The van der Waals surface area contributed by atoms with Gasteiger partial charge in [0.05, 0.1) is 12.5 Å². The zero-order valence-electron chi connectivity index (χ0n) is 19.8. The number of methoxy groups -OCH3 is 1. The predicted octanol–water partition coefficient (Wildman–Crippen LogP) is 5.05. The summed E-state index contributed by atoms with van der Waals surface area (Å²) in [5.74, 6) is 3.15. The second kappa shape index (κ2) is 9.29. The first-order valence-corrected chi connectivity index (χ1v) is 12.9. The number of ether oxygens (including phenoxy) is 1. The van der Waals surface area contributed by atoms with E-state index in [9.17, 15) is 4.79 Å². The summed E-state index contributed by atoms with van der Waals surface area (Å²) in [5, 5.41) is 1.27. The number of piperazine rings is 1. The first-order valence-electron chi connectivity index (χ1n) is 12.1. The number of aryl methyl sites for hydroxylation is 2. The normalized spacial score (nSPS) is 17.2. The molecule has 33 heavy (non-hydrogen) atoms. The van der Waals surface area contributed by atoms with Gasteiger partial charge in [0.1, 0.15) is 22.2 Å². The number of hydrogen-bond acceptors (Lipinski definition) is 6. The molecule has 1 aliphatic carbocycles. The van der Waals surface area contributed by atoms with Gasteiger partial charge in [-0.25, -0.2) is 9.97 Å². The number of carbonyl (C=O) groups excluding carboxylic acids is 1. The minimum absolute atomic E-state index is 0.0644. The van der Waals surface area contributed by atoms with Crippen LogP contribution in [0.4, 0.5) is 5.82 Å². The van der Waals surface area contributed by atoms with E-state index in [0.717, 1.165) is 48.8 Å². The second-order valence-electron chi connectivity index (χ2n) is 9.12. The Kier molecular flexibility index (Phi) is 6.23. The van der Waals surface area contributed by atoms with E-state index in [0.29, 0.717) is 30.3 Å². The van der Waals surface area contributed by atoms with Gasteiger partial charge in [0, 0.05) is 42.5 Å². The molecule has 1 aliphatic heterocycles. The average molecular weight is 465 g/mol. The first kappa shape index (κ1) is 22.1. The van der Waals surface area contributed by atoms with E-state index in [1.807, 2.05) is 40.5 Å². The van der Waals surface area contributed by atoms with E-state index >= 15 is 0 Å². The largest absolute Gasteiger partial charge is 0.497 e. The summed E-state index contributed by atoms with van der Waals surface area (Å²) in [6, 6.07) is 7.42. The van der Waals surface area contributed by atoms with Crippen molar-refractivity contribution < 1.29 is 9.53 Å². The molecule has 3 heterocycles. The number of rotatable bonds is 5. The Labute approximate surface area is 199 Å². The zero-order valence-corrected chi connectivity index (χ0v) is 20.6. The van der Waals surface area contributed by atoms with Crippen LogP contribution in [-0.2, 0) is 12.8 Å². The molecule has 1 amide bonds. The number of nitrogens with zero attached hydrogens (tertiary/aromatic N) is 4. The summed E-state index contributed by atoms with van der Waals surface area (Å²) >= 11 is 1.87. The van der Waals surface area contributed by atoms with Crippen LogP contribution in [-0.4, -0.2) is 54.1 Å². The Morgan fingerprint density at radius 3 is 2.70 bits per heavy atom. The van der Waals surface area contributed by atoms with Crippen LogP contribution < -0.4 is 9.64 Å². The highest BCUT2D eigenvalue weighted by molar-refractivity contribution is 7.19. The maximum Gasteiger partial charge on any atom is 0.254 e. The van der Waals surface area contributed by atoms with Crippen molar-refractivity contribution in [1.29, 1.82) is 0 Å². The van der Waals surface area contributed by atoms with Gasteiger partial charge >= 0.3 is 0 Å². The summed E-state index contributed by atoms with van der Waals surface area (Å²) in [6.07, 6.45) is 5.83. The highest BCUT2D eigenvalue weighted by Gasteiger charge is 2.28. The van der Waals surface area contributed by atoms with Crippen LogP contribution in [0.3, 0.4) is 0 Å². The van der Waals surface area contributed by atoms with Gasteiger partial charge in [-0.3, -0.25) is 4.79 Å². The van der Waals surface area contributed by atoms with Gasteiger partial charge in [-0.1, -0.05) is 19.9 Å². The summed E-state index contributed by atoms with van der Waals surface area (Å²) in [6.45, 7) is 7.35. The number of aromatic nitrogens is 2. The minimum atomic E-state index is 0.0644. The van der Waals surface area contributed by atoms with Gasteiger partial charge in [-0.2, -0.15) is 0 Å². The first-order chi connectivity index (χ1) is 16.1. The lowest BCUT2D eigenvalue weighted by Crippen LogP contribution is -2.49. The quantitative estimate of drug-likeness (QED) is 0.529. The number of amides is 1. The number of thiophene rings is 1. The topological polar surface area (TPSA) is 58.6 Å². The van der Waals surface area contributed by atoms with Gasteiger partial charge in [-0.05, 0) is 55.9 Å². The van der Waals surface area contributed by atoms with Crippen LogP contribution >= 0.6 is 11.3 Å². The van der Waals surface area contributed by atoms with Gasteiger partial charge in [0.2, 0.25) is 0 Å². The number of fused-ring (bicyclic) bond motifs is 3. The van der Waals surface area contributed by atoms with Crippen LogP contribution in [0.25, 0.3) is 10.2 Å². The summed E-state index contributed by atoms with van der Waals surface area (Å²) in [5.41, 5.74) is 2.15. The molecule has 1 fully saturated rings. The molecule has 2 aliphatic rings. The molecule has 3 aromatic rings. The predicted molar refractivity (Wildman–Crippen MR) is 134 cm³/mol. The molecule has 2 aromatic heterocycles. The van der Waals surface area contributed by atoms with Crippen molar-refractivity contribution in [1.82, 2.24) is 14.9 Å². The molecule has 0 N–H and O–H groups in total. The standard InChI is InChI=1S/C26H32N4O2S/c1-4-17(2)23-27-24(22-20-10-5-6-11-21(20)33-25(22)28-23)29-12-14-30(15-13-29)26(31)18-8-7-9-19(16-18)32-3/h7-9,16-17H,4-6,10-15H2,1-3H3. The molecule has 0 saturated carbocycles. The van der Waals surface area contributed by atoms with E-state index in [2.05, 4.69) is 18.7 Å². The number of hydrogen-bond donors (Lipinski definition) is 0. The minimum Gasteiger partial charge on any atom is -0.497 e. The summed E-state index contributed by atoms with van der Waals surface area (Å²) in [7, 11) is 1.63. The SMILES string of the molecule is CCC(C)c1nc(N2CCN(C(=O)c3cccc(OC)c3)CC2)c2c3c(sc2n1)CCCC3.